The van der Waals surface area contributed by atoms with Gasteiger partial charge in [0, 0.05) is 42.2 Å². The molecule has 13 heteroatoms. The second-order valence-electron chi connectivity index (χ2n) is 8.47. The zero-order valence-electron chi connectivity index (χ0n) is 19.0. The number of rotatable bonds is 8. The van der Waals surface area contributed by atoms with Gasteiger partial charge in [-0.05, 0) is 43.4 Å². The Morgan fingerprint density at radius 3 is 2.66 bits per heavy atom. The van der Waals surface area contributed by atoms with E-state index in [1.54, 1.807) is 18.4 Å². The molecular weight excluding hydrogens is 503 g/mol. The van der Waals surface area contributed by atoms with Crippen LogP contribution in [0.25, 0.3) is 22.2 Å². The van der Waals surface area contributed by atoms with E-state index in [4.69, 9.17) is 5.73 Å². The van der Waals surface area contributed by atoms with Crippen molar-refractivity contribution in [3.8, 4) is 11.3 Å². The number of sulfonamides is 1. The number of aromatic nitrogens is 2. The van der Waals surface area contributed by atoms with Gasteiger partial charge in [0.05, 0.1) is 29.1 Å². The van der Waals surface area contributed by atoms with Crippen LogP contribution >= 0.6 is 11.3 Å². The Morgan fingerprint density at radius 2 is 2.03 bits per heavy atom. The summed E-state index contributed by atoms with van der Waals surface area (Å²) in [5, 5.41) is 5.36. The molecule has 3 heterocycles. The average Bonchev–Trinajstić information content (AvgIpc) is 3.45. The van der Waals surface area contributed by atoms with E-state index >= 15 is 0 Å². The van der Waals surface area contributed by atoms with Crippen molar-refractivity contribution in [3.05, 3.63) is 39.8 Å². The van der Waals surface area contributed by atoms with Gasteiger partial charge in [-0.25, -0.2) is 17.7 Å². The lowest BCUT2D eigenvalue weighted by Crippen LogP contribution is -2.38. The number of piperidine rings is 1. The first-order valence-corrected chi connectivity index (χ1v) is 13.6. The van der Waals surface area contributed by atoms with Crippen LogP contribution in [0, 0.1) is 0 Å². The van der Waals surface area contributed by atoms with Crippen molar-refractivity contribution in [1.82, 2.24) is 19.6 Å². The number of nitrogens with two attached hydrogens (primary N) is 1. The molecule has 0 radical (unpaired) electrons. The fourth-order valence-corrected chi connectivity index (χ4v) is 6.30. The highest BCUT2D eigenvalue weighted by Gasteiger charge is 2.29. The maximum atomic E-state index is 12.4. The number of nitrogens with zero attached hydrogens (tertiary/aromatic N) is 2. The second kappa shape index (κ2) is 9.88. The first-order chi connectivity index (χ1) is 16.5. The minimum absolute atomic E-state index is 0.0241. The number of H-pyrrole nitrogens is 1. The highest BCUT2D eigenvalue weighted by molar-refractivity contribution is 7.89. The molecular formula is C22H26F3N5O3S2. The van der Waals surface area contributed by atoms with Crippen LogP contribution in [-0.4, -0.2) is 60.2 Å². The summed E-state index contributed by atoms with van der Waals surface area (Å²) < 4.78 is 63.1. The van der Waals surface area contributed by atoms with E-state index in [9.17, 15) is 26.4 Å². The number of halogens is 3. The Labute approximate surface area is 204 Å². The quantitative estimate of drug-likeness (QED) is 0.412. The van der Waals surface area contributed by atoms with Gasteiger partial charge in [0.15, 0.2) is 0 Å². The summed E-state index contributed by atoms with van der Waals surface area (Å²) in [5.74, 6) is -0.450. The number of hydrogen-bond donors (Lipinski definition) is 3. The van der Waals surface area contributed by atoms with Crippen LogP contribution in [-0.2, 0) is 16.6 Å². The molecule has 1 fully saturated rings. The second-order valence-corrected chi connectivity index (χ2v) is 11.7. The minimum atomic E-state index is -4.30. The van der Waals surface area contributed by atoms with Crippen LogP contribution in [0.2, 0.25) is 0 Å². The zero-order valence-corrected chi connectivity index (χ0v) is 20.6. The van der Waals surface area contributed by atoms with E-state index in [0.717, 1.165) is 10.9 Å². The highest BCUT2D eigenvalue weighted by atomic mass is 32.2. The summed E-state index contributed by atoms with van der Waals surface area (Å²) >= 11 is 1.23. The normalized spacial score (nSPS) is 16.2. The van der Waals surface area contributed by atoms with Gasteiger partial charge in [-0.2, -0.15) is 13.2 Å². The van der Waals surface area contributed by atoms with Gasteiger partial charge in [0.1, 0.15) is 5.01 Å². The largest absolute Gasteiger partial charge is 0.401 e. The molecule has 35 heavy (non-hydrogen) atoms. The lowest BCUT2D eigenvalue weighted by molar-refractivity contribution is -0.125. The Bertz CT molecular complexity index is 1330. The van der Waals surface area contributed by atoms with Crippen LogP contribution < -0.4 is 11.1 Å². The van der Waals surface area contributed by atoms with E-state index in [1.807, 2.05) is 12.3 Å². The highest BCUT2D eigenvalue weighted by Crippen LogP contribution is 2.37. The Hall–Kier alpha value is -2.48. The summed E-state index contributed by atoms with van der Waals surface area (Å²) in [6.07, 6.45) is -1.17. The number of amides is 1. The van der Waals surface area contributed by atoms with E-state index in [-0.39, 0.29) is 18.2 Å². The fraction of sp³-hybridized carbons (Fsp3) is 0.455. The molecule has 1 aliphatic heterocycles. The molecule has 3 aromatic rings. The van der Waals surface area contributed by atoms with Crippen molar-refractivity contribution in [2.24, 2.45) is 5.73 Å². The molecule has 0 spiro atoms. The van der Waals surface area contributed by atoms with Gasteiger partial charge >= 0.3 is 6.18 Å². The third-order valence-corrected chi connectivity index (χ3v) is 8.92. The minimum Gasteiger partial charge on any atom is -0.366 e. The summed E-state index contributed by atoms with van der Waals surface area (Å²) in [4.78, 5) is 19.8. The standard InChI is InChI=1S/C22H26F3N5O3S2/c1-2-35(32,33)30-5-3-13(4-6-30)17-9-28-20-15(17)7-14(8-16(20)21(26)31)18-11-34-19(29-18)10-27-12-22(23,24)25/h7-9,11,13,27-28H,2-6,10,12H2,1H3,(H2,26,31). The molecule has 0 saturated carbocycles. The monoisotopic (exact) mass is 529 g/mol. The number of alkyl halides is 3. The molecule has 1 saturated heterocycles. The number of nitrogens with one attached hydrogen (secondary N) is 2. The number of fused-ring (bicyclic) bond motifs is 1. The first-order valence-electron chi connectivity index (χ1n) is 11.1. The molecule has 190 valence electrons. The SMILES string of the molecule is CCS(=O)(=O)N1CCC(c2c[nH]c3c(C(N)=O)cc(-c4csc(CNCC(F)(F)F)n4)cc23)CC1. The first kappa shape index (κ1) is 25.6. The average molecular weight is 530 g/mol. The number of primary amides is 1. The number of carbonyl (C=O) groups excluding carboxylic acids is 1. The Morgan fingerprint density at radius 1 is 1.31 bits per heavy atom. The summed E-state index contributed by atoms with van der Waals surface area (Å²) in [6.45, 7) is 1.35. The molecule has 2 aromatic heterocycles. The molecule has 8 nitrogen and oxygen atoms in total. The summed E-state index contributed by atoms with van der Waals surface area (Å²) in [5.41, 5.74) is 8.68. The fourth-order valence-electron chi connectivity index (χ4n) is 4.40. The third-order valence-electron chi connectivity index (χ3n) is 6.19. The van der Waals surface area contributed by atoms with Crippen LogP contribution in [0.5, 0.6) is 0 Å². The number of hydrogen-bond acceptors (Lipinski definition) is 6. The Kier molecular flexibility index (Phi) is 7.23. The van der Waals surface area contributed by atoms with Crippen molar-refractivity contribution in [1.29, 1.82) is 0 Å². The molecule has 4 N–H and O–H groups in total. The maximum absolute atomic E-state index is 12.4. The maximum Gasteiger partial charge on any atom is 0.401 e. The van der Waals surface area contributed by atoms with Crippen molar-refractivity contribution >= 4 is 38.2 Å². The van der Waals surface area contributed by atoms with Crippen LogP contribution in [0.1, 0.15) is 46.6 Å². The predicted molar refractivity (Wildman–Crippen MR) is 129 cm³/mol. The molecule has 0 aliphatic carbocycles. The van der Waals surface area contributed by atoms with E-state index in [0.29, 0.717) is 53.3 Å². The van der Waals surface area contributed by atoms with E-state index < -0.39 is 28.7 Å². The number of aromatic amines is 1. The van der Waals surface area contributed by atoms with E-state index in [1.165, 1.54) is 15.6 Å². The van der Waals surface area contributed by atoms with Gasteiger partial charge in [0.25, 0.3) is 5.91 Å². The molecule has 4 rings (SSSR count). The summed E-state index contributed by atoms with van der Waals surface area (Å²) in [6, 6.07) is 3.52. The van der Waals surface area contributed by atoms with Crippen molar-refractivity contribution in [2.45, 2.75) is 38.4 Å². The molecule has 1 aromatic carbocycles. The van der Waals surface area contributed by atoms with Crippen molar-refractivity contribution in [2.75, 3.05) is 25.4 Å². The molecule has 0 bridgehead atoms. The lowest BCUT2D eigenvalue weighted by Gasteiger charge is -2.31. The molecule has 0 unspecified atom stereocenters. The smallest absolute Gasteiger partial charge is 0.366 e. The van der Waals surface area contributed by atoms with Gasteiger partial charge in [0.2, 0.25) is 10.0 Å². The predicted octanol–water partition coefficient (Wildman–Crippen LogP) is 3.57. The van der Waals surface area contributed by atoms with Crippen LogP contribution in [0.4, 0.5) is 13.2 Å². The summed E-state index contributed by atoms with van der Waals surface area (Å²) in [7, 11) is -3.24. The third kappa shape index (κ3) is 5.68. The number of benzene rings is 1. The Balaban J connectivity index is 1.62. The van der Waals surface area contributed by atoms with Gasteiger partial charge < -0.3 is 16.0 Å². The number of thiazole rings is 1. The van der Waals surface area contributed by atoms with Crippen LogP contribution in [0.15, 0.2) is 23.7 Å². The molecule has 1 aliphatic rings. The lowest BCUT2D eigenvalue weighted by atomic mass is 9.89. The molecule has 0 atom stereocenters. The van der Waals surface area contributed by atoms with Crippen molar-refractivity contribution < 1.29 is 26.4 Å². The van der Waals surface area contributed by atoms with Gasteiger partial charge in [-0.1, -0.05) is 0 Å². The zero-order chi connectivity index (χ0) is 25.4. The van der Waals surface area contributed by atoms with Gasteiger partial charge in [-0.15, -0.1) is 11.3 Å². The van der Waals surface area contributed by atoms with Crippen LogP contribution in [0.3, 0.4) is 0 Å². The number of carbonyl (C=O) groups is 1. The van der Waals surface area contributed by atoms with Gasteiger partial charge in [-0.3, -0.25) is 4.79 Å². The topological polar surface area (TPSA) is 121 Å². The van der Waals surface area contributed by atoms with Crippen molar-refractivity contribution in [3.63, 3.8) is 0 Å². The molecule has 1 amide bonds. The van der Waals surface area contributed by atoms with E-state index in [2.05, 4.69) is 15.3 Å².